The van der Waals surface area contributed by atoms with Crippen LogP contribution in [0.2, 0.25) is 5.02 Å². The maximum Gasteiger partial charge on any atom is 0.344 e. The first kappa shape index (κ1) is 18.7. The summed E-state index contributed by atoms with van der Waals surface area (Å²) < 4.78 is 0. The largest absolute Gasteiger partial charge is 0.344 e. The highest BCUT2D eigenvalue weighted by Gasteiger charge is 2.52. The van der Waals surface area contributed by atoms with Gasteiger partial charge in [0.1, 0.15) is 5.54 Å². The van der Waals surface area contributed by atoms with Gasteiger partial charge in [0, 0.05) is 11.1 Å². The topological polar surface area (TPSA) is 78.5 Å². The molecule has 1 fully saturated rings. The number of urea groups is 1. The third kappa shape index (κ3) is 3.57. The lowest BCUT2D eigenvalue weighted by molar-refractivity contribution is -0.138. The smallest absolute Gasteiger partial charge is 0.318 e. The Morgan fingerprint density at radius 1 is 1.15 bits per heavy atom. The minimum absolute atomic E-state index is 0.351. The zero-order chi connectivity index (χ0) is 19.4. The van der Waals surface area contributed by atoms with Crippen molar-refractivity contribution in [2.45, 2.75) is 18.9 Å². The van der Waals surface area contributed by atoms with Crippen LogP contribution in [-0.2, 0) is 15.1 Å². The van der Waals surface area contributed by atoms with Crippen molar-refractivity contribution in [3.63, 3.8) is 0 Å². The number of hydrogen-bond acceptors (Lipinski definition) is 3. The number of nitrogens with one attached hydrogen (secondary N) is 2. The Kier molecular flexibility index (Phi) is 5.28. The average Bonchev–Trinajstić information content (AvgIpc) is 2.93. The summed E-state index contributed by atoms with van der Waals surface area (Å²) in [5.74, 6) is -1.14. The van der Waals surface area contributed by atoms with E-state index in [1.807, 2.05) is 6.07 Å². The number of halogens is 1. The maximum atomic E-state index is 12.9. The van der Waals surface area contributed by atoms with E-state index in [1.165, 1.54) is 12.2 Å². The molecule has 1 atom stereocenters. The SMILES string of the molecule is CC[C@@]1(c2ccccc2)NC(=O)N(NC(=O)/C=C/c2ccccc2Cl)C1=O. The van der Waals surface area contributed by atoms with Gasteiger partial charge in [-0.2, -0.15) is 5.01 Å². The van der Waals surface area contributed by atoms with Crippen LogP contribution in [0.25, 0.3) is 6.08 Å². The molecule has 4 amide bonds. The first-order valence-electron chi connectivity index (χ1n) is 8.43. The number of hydrogen-bond donors (Lipinski definition) is 2. The van der Waals surface area contributed by atoms with Gasteiger partial charge in [0.05, 0.1) is 0 Å². The second kappa shape index (κ2) is 7.63. The molecule has 2 aromatic carbocycles. The van der Waals surface area contributed by atoms with Gasteiger partial charge < -0.3 is 5.32 Å². The number of carbonyl (C=O) groups excluding carboxylic acids is 3. The van der Waals surface area contributed by atoms with Gasteiger partial charge in [0.15, 0.2) is 0 Å². The van der Waals surface area contributed by atoms with E-state index in [0.29, 0.717) is 22.6 Å². The molecule has 1 saturated heterocycles. The third-order valence-corrected chi connectivity index (χ3v) is 4.77. The molecule has 1 aliphatic heterocycles. The summed E-state index contributed by atoms with van der Waals surface area (Å²) in [7, 11) is 0. The molecule has 2 N–H and O–H groups in total. The fraction of sp³-hybridized carbons (Fsp3) is 0.150. The molecule has 0 aromatic heterocycles. The molecule has 138 valence electrons. The molecule has 3 rings (SSSR count). The first-order chi connectivity index (χ1) is 13.0. The number of carbonyl (C=O) groups is 3. The Morgan fingerprint density at radius 2 is 1.81 bits per heavy atom. The van der Waals surface area contributed by atoms with E-state index in [9.17, 15) is 14.4 Å². The Balaban J connectivity index is 1.78. The standard InChI is InChI=1S/C20H18ClN3O3/c1-2-20(15-9-4-3-5-10-15)18(26)24(19(27)22-20)23-17(25)13-12-14-8-6-7-11-16(14)21/h3-13H,2H2,1H3,(H,22,27)(H,23,25)/b13-12+/t20-/m0/s1. The normalized spacial score (nSPS) is 19.4. The molecule has 27 heavy (non-hydrogen) atoms. The van der Waals surface area contributed by atoms with Crippen molar-refractivity contribution in [3.8, 4) is 0 Å². The summed E-state index contributed by atoms with van der Waals surface area (Å²) in [5.41, 5.74) is 2.45. The minimum Gasteiger partial charge on any atom is -0.318 e. The highest BCUT2D eigenvalue weighted by molar-refractivity contribution is 6.32. The summed E-state index contributed by atoms with van der Waals surface area (Å²) in [5, 5.41) is 3.91. The molecule has 0 aliphatic carbocycles. The van der Waals surface area contributed by atoms with Gasteiger partial charge in [0.25, 0.3) is 11.8 Å². The van der Waals surface area contributed by atoms with E-state index >= 15 is 0 Å². The van der Waals surface area contributed by atoms with Crippen molar-refractivity contribution in [3.05, 3.63) is 76.8 Å². The lowest BCUT2D eigenvalue weighted by atomic mass is 9.87. The van der Waals surface area contributed by atoms with Gasteiger partial charge in [-0.05, 0) is 29.7 Å². The maximum absolute atomic E-state index is 12.9. The van der Waals surface area contributed by atoms with Crippen LogP contribution in [0.1, 0.15) is 24.5 Å². The van der Waals surface area contributed by atoms with Gasteiger partial charge in [0.2, 0.25) is 0 Å². The highest BCUT2D eigenvalue weighted by Crippen LogP contribution is 2.31. The molecule has 1 heterocycles. The first-order valence-corrected chi connectivity index (χ1v) is 8.81. The highest BCUT2D eigenvalue weighted by atomic mass is 35.5. The molecular weight excluding hydrogens is 366 g/mol. The zero-order valence-corrected chi connectivity index (χ0v) is 15.4. The van der Waals surface area contributed by atoms with Gasteiger partial charge in [-0.1, -0.05) is 67.1 Å². The number of benzene rings is 2. The van der Waals surface area contributed by atoms with Crippen LogP contribution in [0.4, 0.5) is 4.79 Å². The van der Waals surface area contributed by atoms with Crippen molar-refractivity contribution in [2.24, 2.45) is 0 Å². The van der Waals surface area contributed by atoms with Crippen LogP contribution >= 0.6 is 11.6 Å². The van der Waals surface area contributed by atoms with E-state index in [0.717, 1.165) is 5.01 Å². The summed E-state index contributed by atoms with van der Waals surface area (Å²) in [6.07, 6.45) is 3.08. The summed E-state index contributed by atoms with van der Waals surface area (Å²) in [4.78, 5) is 37.4. The fourth-order valence-corrected chi connectivity index (χ4v) is 3.16. The second-order valence-corrected chi connectivity index (χ2v) is 6.43. The van der Waals surface area contributed by atoms with Crippen molar-refractivity contribution < 1.29 is 14.4 Å². The number of amides is 4. The van der Waals surface area contributed by atoms with Gasteiger partial charge in [-0.15, -0.1) is 0 Å². The lowest BCUT2D eigenvalue weighted by Gasteiger charge is -2.25. The molecule has 6 nitrogen and oxygen atoms in total. The van der Waals surface area contributed by atoms with Gasteiger partial charge in [-0.25, -0.2) is 4.79 Å². The quantitative estimate of drug-likeness (QED) is 0.614. The molecule has 7 heteroatoms. The molecule has 0 spiro atoms. The van der Waals surface area contributed by atoms with E-state index in [-0.39, 0.29) is 0 Å². The lowest BCUT2D eigenvalue weighted by Crippen LogP contribution is -2.48. The van der Waals surface area contributed by atoms with Crippen LogP contribution in [0.15, 0.2) is 60.7 Å². The summed E-state index contributed by atoms with van der Waals surface area (Å²) in [6, 6.07) is 15.3. The Morgan fingerprint density at radius 3 is 2.48 bits per heavy atom. The predicted molar refractivity (Wildman–Crippen MR) is 102 cm³/mol. The molecule has 2 aromatic rings. The summed E-state index contributed by atoms with van der Waals surface area (Å²) >= 11 is 6.04. The van der Waals surface area contributed by atoms with Crippen LogP contribution in [0.3, 0.4) is 0 Å². The Bertz CT molecular complexity index is 914. The second-order valence-electron chi connectivity index (χ2n) is 6.03. The van der Waals surface area contributed by atoms with Crippen molar-refractivity contribution in [2.75, 3.05) is 0 Å². The molecule has 0 radical (unpaired) electrons. The predicted octanol–water partition coefficient (Wildman–Crippen LogP) is 3.24. The van der Waals surface area contributed by atoms with Gasteiger partial charge >= 0.3 is 6.03 Å². The van der Waals surface area contributed by atoms with E-state index in [4.69, 9.17) is 11.6 Å². The van der Waals surface area contributed by atoms with Crippen LogP contribution in [0.5, 0.6) is 0 Å². The van der Waals surface area contributed by atoms with Gasteiger partial charge in [-0.3, -0.25) is 15.0 Å². The summed E-state index contributed by atoms with van der Waals surface area (Å²) in [6.45, 7) is 1.80. The number of nitrogens with zero attached hydrogens (tertiary/aromatic N) is 1. The zero-order valence-electron chi connectivity index (χ0n) is 14.6. The Labute approximate surface area is 161 Å². The molecular formula is C20H18ClN3O3. The van der Waals surface area contributed by atoms with Crippen molar-refractivity contribution >= 4 is 35.5 Å². The molecule has 0 saturated carbocycles. The average molecular weight is 384 g/mol. The molecule has 1 aliphatic rings. The van der Waals surface area contributed by atoms with Crippen molar-refractivity contribution in [1.82, 2.24) is 15.8 Å². The Hall–Kier alpha value is -3.12. The van der Waals surface area contributed by atoms with Crippen molar-refractivity contribution in [1.29, 1.82) is 0 Å². The van der Waals surface area contributed by atoms with Crippen LogP contribution in [-0.4, -0.2) is 22.9 Å². The van der Waals surface area contributed by atoms with Crippen LogP contribution < -0.4 is 10.7 Å². The minimum atomic E-state index is -1.20. The third-order valence-electron chi connectivity index (χ3n) is 4.43. The van der Waals surface area contributed by atoms with E-state index in [1.54, 1.807) is 55.5 Å². The van der Waals surface area contributed by atoms with E-state index < -0.39 is 23.4 Å². The molecule has 0 bridgehead atoms. The molecule has 0 unspecified atom stereocenters. The number of imide groups is 1. The number of rotatable bonds is 5. The fourth-order valence-electron chi connectivity index (χ4n) is 2.96. The van der Waals surface area contributed by atoms with Crippen LogP contribution in [0, 0.1) is 0 Å². The van der Waals surface area contributed by atoms with E-state index in [2.05, 4.69) is 10.7 Å². The number of hydrazine groups is 1. The monoisotopic (exact) mass is 383 g/mol.